The quantitative estimate of drug-likeness (QED) is 0.682. The van der Waals surface area contributed by atoms with Crippen molar-refractivity contribution < 1.29 is 14.0 Å². The van der Waals surface area contributed by atoms with Crippen LogP contribution < -0.4 is 16.4 Å². The van der Waals surface area contributed by atoms with E-state index in [-0.39, 0.29) is 13.0 Å². The fourth-order valence-electron chi connectivity index (χ4n) is 2.39. The molecule has 2 N–H and O–H groups in total. The molecule has 26 heavy (non-hydrogen) atoms. The summed E-state index contributed by atoms with van der Waals surface area (Å²) in [6.45, 7) is -0.333. The van der Waals surface area contributed by atoms with Gasteiger partial charge in [0.05, 0.1) is 18.0 Å². The summed E-state index contributed by atoms with van der Waals surface area (Å²) in [5.74, 6) is -1.46. The number of nitrogens with one attached hydrogen (secondary N) is 2. The normalized spacial score (nSPS) is 10.5. The number of fused-ring (bicyclic) bond motifs is 1. The summed E-state index contributed by atoms with van der Waals surface area (Å²) in [7, 11) is 0. The van der Waals surface area contributed by atoms with Gasteiger partial charge >= 0.3 is 0 Å². The van der Waals surface area contributed by atoms with Crippen LogP contribution in [0.25, 0.3) is 10.8 Å². The molecule has 7 nitrogen and oxygen atoms in total. The molecule has 3 rings (SSSR count). The van der Waals surface area contributed by atoms with Gasteiger partial charge in [0.2, 0.25) is 5.91 Å². The highest BCUT2D eigenvalue weighted by Crippen LogP contribution is 2.06. The van der Waals surface area contributed by atoms with Gasteiger partial charge in [-0.05, 0) is 23.8 Å². The van der Waals surface area contributed by atoms with E-state index in [0.29, 0.717) is 16.3 Å². The molecule has 132 valence electrons. The Balaban J connectivity index is 1.57. The summed E-state index contributed by atoms with van der Waals surface area (Å²) in [5, 5.41) is 5.08. The van der Waals surface area contributed by atoms with Gasteiger partial charge in [-0.2, -0.15) is 5.10 Å². The fraction of sp³-hybridized carbons (Fsp3) is 0.111. The van der Waals surface area contributed by atoms with Crippen LogP contribution in [-0.4, -0.2) is 21.6 Å². The van der Waals surface area contributed by atoms with Gasteiger partial charge in [0, 0.05) is 5.39 Å². The average molecular weight is 354 g/mol. The van der Waals surface area contributed by atoms with Gasteiger partial charge in [0.1, 0.15) is 12.4 Å². The maximum atomic E-state index is 12.8. The van der Waals surface area contributed by atoms with Gasteiger partial charge in [0.15, 0.2) is 0 Å². The Hall–Kier alpha value is -3.55. The number of nitrogens with zero attached hydrogens (tertiary/aromatic N) is 2. The number of hydrogen-bond donors (Lipinski definition) is 2. The number of halogens is 1. The first-order valence-corrected chi connectivity index (χ1v) is 7.80. The van der Waals surface area contributed by atoms with E-state index in [0.717, 1.165) is 4.68 Å². The van der Waals surface area contributed by atoms with Gasteiger partial charge in [-0.15, -0.1) is 0 Å². The number of benzene rings is 2. The Bertz CT molecular complexity index is 1010. The van der Waals surface area contributed by atoms with Crippen molar-refractivity contribution in [1.82, 2.24) is 20.6 Å². The lowest BCUT2D eigenvalue weighted by molar-refractivity contribution is -0.129. The van der Waals surface area contributed by atoms with Gasteiger partial charge in [-0.25, -0.2) is 9.07 Å². The molecule has 0 saturated heterocycles. The third-order valence-electron chi connectivity index (χ3n) is 3.67. The molecule has 0 aliphatic heterocycles. The molecule has 8 heteroatoms. The van der Waals surface area contributed by atoms with Crippen molar-refractivity contribution in [2.45, 2.75) is 13.0 Å². The molecule has 0 radical (unpaired) electrons. The Morgan fingerprint density at radius 3 is 2.46 bits per heavy atom. The minimum Gasteiger partial charge on any atom is -0.273 e. The molecule has 0 aliphatic rings. The molecule has 3 aromatic rings. The van der Waals surface area contributed by atoms with Crippen molar-refractivity contribution >= 4 is 22.6 Å². The van der Waals surface area contributed by atoms with E-state index in [4.69, 9.17) is 0 Å². The maximum Gasteiger partial charge on any atom is 0.275 e. The van der Waals surface area contributed by atoms with Crippen molar-refractivity contribution in [3.8, 4) is 0 Å². The standard InChI is InChI=1S/C18H15FN4O3/c19-14-7-5-12(6-8-14)9-16(24)21-22-17(25)11-23-18(26)15-4-2-1-3-13(15)10-20-23/h1-8,10H,9,11H2,(H,21,24)(H,22,25). The van der Waals surface area contributed by atoms with Crippen LogP contribution in [0.1, 0.15) is 5.56 Å². The molecule has 0 fully saturated rings. The molecular formula is C18H15FN4O3. The largest absolute Gasteiger partial charge is 0.275 e. The van der Waals surface area contributed by atoms with Crippen molar-refractivity contribution in [3.63, 3.8) is 0 Å². The molecular weight excluding hydrogens is 339 g/mol. The highest BCUT2D eigenvalue weighted by atomic mass is 19.1. The third kappa shape index (κ3) is 4.10. The number of carbonyl (C=O) groups is 2. The fourth-order valence-corrected chi connectivity index (χ4v) is 2.39. The molecule has 1 heterocycles. The van der Waals surface area contributed by atoms with E-state index in [1.165, 1.54) is 30.5 Å². The summed E-state index contributed by atoms with van der Waals surface area (Å²) >= 11 is 0. The summed E-state index contributed by atoms with van der Waals surface area (Å²) in [5.41, 5.74) is 4.68. The predicted octanol–water partition coefficient (Wildman–Crippen LogP) is 0.926. The number of rotatable bonds is 4. The third-order valence-corrected chi connectivity index (χ3v) is 3.67. The van der Waals surface area contributed by atoms with E-state index in [9.17, 15) is 18.8 Å². The number of hydrazine groups is 1. The lowest BCUT2D eigenvalue weighted by Crippen LogP contribution is -2.45. The Kier molecular flexibility index (Phi) is 5.02. The van der Waals surface area contributed by atoms with Crippen molar-refractivity contribution in [3.05, 3.63) is 76.5 Å². The highest BCUT2D eigenvalue weighted by molar-refractivity contribution is 5.83. The van der Waals surface area contributed by atoms with Gasteiger partial charge < -0.3 is 0 Å². The van der Waals surface area contributed by atoms with Gasteiger partial charge in [0.25, 0.3) is 11.5 Å². The summed E-state index contributed by atoms with van der Waals surface area (Å²) in [6.07, 6.45) is 1.48. The molecule has 0 bridgehead atoms. The van der Waals surface area contributed by atoms with Crippen LogP contribution in [-0.2, 0) is 22.6 Å². The van der Waals surface area contributed by atoms with Crippen LogP contribution in [0.5, 0.6) is 0 Å². The van der Waals surface area contributed by atoms with E-state index in [2.05, 4.69) is 16.0 Å². The Morgan fingerprint density at radius 1 is 1.00 bits per heavy atom. The zero-order valence-electron chi connectivity index (χ0n) is 13.6. The second-order valence-electron chi connectivity index (χ2n) is 5.59. The van der Waals surface area contributed by atoms with Crippen LogP contribution in [0.3, 0.4) is 0 Å². The summed E-state index contributed by atoms with van der Waals surface area (Å²) in [6, 6.07) is 12.4. The van der Waals surface area contributed by atoms with E-state index < -0.39 is 23.2 Å². The lowest BCUT2D eigenvalue weighted by atomic mass is 10.1. The summed E-state index contributed by atoms with van der Waals surface area (Å²) < 4.78 is 13.8. The second kappa shape index (κ2) is 7.56. The number of carbonyl (C=O) groups excluding carboxylic acids is 2. The molecule has 0 saturated carbocycles. The Morgan fingerprint density at radius 2 is 1.69 bits per heavy atom. The predicted molar refractivity (Wildman–Crippen MR) is 92.4 cm³/mol. The van der Waals surface area contributed by atoms with Gasteiger partial charge in [-0.1, -0.05) is 30.3 Å². The SMILES string of the molecule is O=C(Cc1ccc(F)cc1)NNC(=O)Cn1ncc2ccccc2c1=O. The smallest absolute Gasteiger partial charge is 0.273 e. The topological polar surface area (TPSA) is 93.1 Å². The average Bonchev–Trinajstić information content (AvgIpc) is 2.64. The van der Waals surface area contributed by atoms with Gasteiger partial charge in [-0.3, -0.25) is 25.2 Å². The molecule has 0 spiro atoms. The first kappa shape index (κ1) is 17.3. The lowest BCUT2D eigenvalue weighted by Gasteiger charge is -2.09. The Labute approximate surface area is 147 Å². The van der Waals surface area contributed by atoms with Crippen molar-refractivity contribution in [2.75, 3.05) is 0 Å². The second-order valence-corrected chi connectivity index (χ2v) is 5.59. The van der Waals surface area contributed by atoms with Crippen LogP contribution in [0.4, 0.5) is 4.39 Å². The monoisotopic (exact) mass is 354 g/mol. The minimum atomic E-state index is -0.595. The summed E-state index contributed by atoms with van der Waals surface area (Å²) in [4.78, 5) is 36.0. The van der Waals surface area contributed by atoms with E-state index in [1.54, 1.807) is 24.3 Å². The van der Waals surface area contributed by atoms with Crippen molar-refractivity contribution in [1.29, 1.82) is 0 Å². The zero-order valence-corrected chi connectivity index (χ0v) is 13.6. The van der Waals surface area contributed by atoms with Crippen LogP contribution in [0.15, 0.2) is 59.5 Å². The van der Waals surface area contributed by atoms with Crippen LogP contribution >= 0.6 is 0 Å². The van der Waals surface area contributed by atoms with E-state index in [1.807, 2.05) is 0 Å². The van der Waals surface area contributed by atoms with E-state index >= 15 is 0 Å². The number of amides is 2. The molecule has 1 aromatic heterocycles. The highest BCUT2D eigenvalue weighted by Gasteiger charge is 2.10. The minimum absolute atomic E-state index is 0.0191. The zero-order chi connectivity index (χ0) is 18.5. The maximum absolute atomic E-state index is 12.8. The van der Waals surface area contributed by atoms with Crippen LogP contribution in [0.2, 0.25) is 0 Å². The molecule has 0 aliphatic carbocycles. The first-order valence-electron chi connectivity index (χ1n) is 7.80. The molecule has 0 unspecified atom stereocenters. The molecule has 0 atom stereocenters. The first-order chi connectivity index (χ1) is 12.5. The molecule has 2 amide bonds. The molecule has 2 aromatic carbocycles. The number of hydrogen-bond acceptors (Lipinski definition) is 4. The number of aromatic nitrogens is 2. The van der Waals surface area contributed by atoms with Crippen LogP contribution in [0, 0.1) is 5.82 Å². The van der Waals surface area contributed by atoms with Crippen molar-refractivity contribution in [2.24, 2.45) is 0 Å².